The monoisotopic (exact) mass is 370 g/mol. The van der Waals surface area contributed by atoms with Crippen LogP contribution in [0.1, 0.15) is 51.9 Å². The van der Waals surface area contributed by atoms with E-state index >= 15 is 0 Å². The highest BCUT2D eigenvalue weighted by molar-refractivity contribution is 7.91. The number of hydrogen-bond acceptors (Lipinski definition) is 4. The summed E-state index contributed by atoms with van der Waals surface area (Å²) in [6.45, 7) is 6.15. The second-order valence-electron chi connectivity index (χ2n) is 8.55. The summed E-state index contributed by atoms with van der Waals surface area (Å²) >= 11 is 0. The number of rotatable bonds is 7. The lowest BCUT2D eigenvalue weighted by Gasteiger charge is -2.40. The maximum Gasteiger partial charge on any atom is 0.223 e. The van der Waals surface area contributed by atoms with Crippen molar-refractivity contribution in [2.45, 2.75) is 51.9 Å². The standard InChI is InChI=1S/C19H34N2O3S/c1-2-15-3-5-18(6-4-15)19(22)20-11-17-12-21(13-17)9-7-16-8-10-25(23,24)14-16/h15-18H,2-14H2,1H3,(H,20,22). The zero-order valence-electron chi connectivity index (χ0n) is 15.6. The van der Waals surface area contributed by atoms with Crippen molar-refractivity contribution < 1.29 is 13.2 Å². The minimum absolute atomic E-state index is 0.239. The Labute approximate surface area is 152 Å². The molecule has 0 aromatic rings. The molecule has 1 saturated carbocycles. The van der Waals surface area contributed by atoms with Crippen LogP contribution in [0.2, 0.25) is 0 Å². The van der Waals surface area contributed by atoms with Gasteiger partial charge in [0.25, 0.3) is 0 Å². The smallest absolute Gasteiger partial charge is 0.223 e. The lowest BCUT2D eigenvalue weighted by Crippen LogP contribution is -2.52. The van der Waals surface area contributed by atoms with Gasteiger partial charge in [-0.3, -0.25) is 4.79 Å². The van der Waals surface area contributed by atoms with Gasteiger partial charge in [-0.1, -0.05) is 13.3 Å². The molecule has 1 aliphatic carbocycles. The number of likely N-dealkylation sites (tertiary alicyclic amines) is 1. The van der Waals surface area contributed by atoms with Crippen molar-refractivity contribution >= 4 is 15.7 Å². The lowest BCUT2D eigenvalue weighted by molar-refractivity contribution is -0.126. The van der Waals surface area contributed by atoms with Crippen LogP contribution in [0, 0.1) is 23.7 Å². The molecule has 0 bridgehead atoms. The van der Waals surface area contributed by atoms with Gasteiger partial charge in [0.2, 0.25) is 5.91 Å². The van der Waals surface area contributed by atoms with E-state index in [1.54, 1.807) is 0 Å². The highest BCUT2D eigenvalue weighted by atomic mass is 32.2. The Morgan fingerprint density at radius 1 is 1.04 bits per heavy atom. The Balaban J connectivity index is 1.25. The summed E-state index contributed by atoms with van der Waals surface area (Å²) in [5.74, 6) is 3.05. The van der Waals surface area contributed by atoms with E-state index in [9.17, 15) is 13.2 Å². The number of nitrogens with one attached hydrogen (secondary N) is 1. The molecule has 1 amide bonds. The van der Waals surface area contributed by atoms with Gasteiger partial charge in [-0.05, 0) is 56.9 Å². The molecule has 0 radical (unpaired) electrons. The van der Waals surface area contributed by atoms with Crippen LogP contribution in [-0.2, 0) is 14.6 Å². The second kappa shape index (κ2) is 8.38. The molecule has 3 fully saturated rings. The number of sulfone groups is 1. The summed E-state index contributed by atoms with van der Waals surface area (Å²) in [6, 6.07) is 0. The minimum atomic E-state index is -2.74. The molecule has 3 aliphatic rings. The van der Waals surface area contributed by atoms with Crippen LogP contribution in [0.3, 0.4) is 0 Å². The van der Waals surface area contributed by atoms with Gasteiger partial charge in [0.15, 0.2) is 9.84 Å². The largest absolute Gasteiger partial charge is 0.355 e. The summed E-state index contributed by atoms with van der Waals surface area (Å²) in [7, 11) is -2.74. The predicted octanol–water partition coefficient (Wildman–Crippen LogP) is 2.08. The van der Waals surface area contributed by atoms with Crippen molar-refractivity contribution in [2.75, 3.05) is 37.7 Å². The molecule has 3 rings (SSSR count). The molecule has 6 heteroatoms. The van der Waals surface area contributed by atoms with E-state index in [2.05, 4.69) is 17.1 Å². The maximum atomic E-state index is 12.3. The fourth-order valence-electron chi connectivity index (χ4n) is 4.68. The number of carbonyl (C=O) groups is 1. The predicted molar refractivity (Wildman–Crippen MR) is 100 cm³/mol. The molecule has 0 aromatic heterocycles. The van der Waals surface area contributed by atoms with Crippen LogP contribution >= 0.6 is 0 Å². The summed E-state index contributed by atoms with van der Waals surface area (Å²) in [4.78, 5) is 14.7. The highest BCUT2D eigenvalue weighted by Crippen LogP contribution is 2.30. The first-order valence-corrected chi connectivity index (χ1v) is 12.0. The Hall–Kier alpha value is -0.620. The third-order valence-corrected chi connectivity index (χ3v) is 8.41. The molecular weight excluding hydrogens is 336 g/mol. The molecule has 144 valence electrons. The van der Waals surface area contributed by atoms with E-state index in [1.165, 1.54) is 19.3 Å². The van der Waals surface area contributed by atoms with Crippen LogP contribution in [-0.4, -0.2) is 56.9 Å². The summed E-state index contributed by atoms with van der Waals surface area (Å²) < 4.78 is 23.0. The molecular formula is C19H34N2O3S. The highest BCUT2D eigenvalue weighted by Gasteiger charge is 2.32. The van der Waals surface area contributed by atoms with Crippen molar-refractivity contribution in [1.82, 2.24) is 10.2 Å². The van der Waals surface area contributed by atoms with Crippen molar-refractivity contribution in [1.29, 1.82) is 0 Å². The van der Waals surface area contributed by atoms with Crippen molar-refractivity contribution in [3.05, 3.63) is 0 Å². The van der Waals surface area contributed by atoms with Gasteiger partial charge < -0.3 is 10.2 Å². The number of hydrogen-bond donors (Lipinski definition) is 1. The van der Waals surface area contributed by atoms with Crippen LogP contribution in [0.15, 0.2) is 0 Å². The van der Waals surface area contributed by atoms with E-state index in [0.717, 1.165) is 57.8 Å². The Morgan fingerprint density at radius 2 is 1.76 bits per heavy atom. The third-order valence-electron chi connectivity index (χ3n) is 6.57. The Kier molecular flexibility index (Phi) is 6.42. The van der Waals surface area contributed by atoms with Crippen molar-refractivity contribution in [3.63, 3.8) is 0 Å². The first-order chi connectivity index (χ1) is 11.9. The first-order valence-electron chi connectivity index (χ1n) is 10.2. The van der Waals surface area contributed by atoms with Gasteiger partial charge in [-0.15, -0.1) is 0 Å². The molecule has 25 heavy (non-hydrogen) atoms. The SMILES string of the molecule is CCC1CCC(C(=O)NCC2CN(CCC3CCS(=O)(=O)C3)C2)CC1. The Morgan fingerprint density at radius 3 is 2.36 bits per heavy atom. The average molecular weight is 371 g/mol. The fourth-order valence-corrected chi connectivity index (χ4v) is 6.59. The van der Waals surface area contributed by atoms with Crippen LogP contribution in [0.4, 0.5) is 0 Å². The number of nitrogens with zero attached hydrogens (tertiary/aromatic N) is 1. The molecule has 2 aliphatic heterocycles. The Bertz CT molecular complexity index is 549. The van der Waals surface area contributed by atoms with Crippen LogP contribution in [0.25, 0.3) is 0 Å². The van der Waals surface area contributed by atoms with E-state index in [-0.39, 0.29) is 11.8 Å². The van der Waals surface area contributed by atoms with Crippen molar-refractivity contribution in [2.24, 2.45) is 23.7 Å². The molecule has 2 saturated heterocycles. The zero-order chi connectivity index (χ0) is 17.9. The van der Waals surface area contributed by atoms with Gasteiger partial charge in [0.05, 0.1) is 11.5 Å². The summed E-state index contributed by atoms with van der Waals surface area (Å²) in [5, 5.41) is 3.17. The topological polar surface area (TPSA) is 66.5 Å². The van der Waals surface area contributed by atoms with Gasteiger partial charge in [0.1, 0.15) is 0 Å². The van der Waals surface area contributed by atoms with E-state index in [4.69, 9.17) is 0 Å². The van der Waals surface area contributed by atoms with E-state index < -0.39 is 9.84 Å². The van der Waals surface area contributed by atoms with Crippen LogP contribution < -0.4 is 5.32 Å². The molecule has 1 atom stereocenters. The normalized spacial score (nSPS) is 33.1. The van der Waals surface area contributed by atoms with Crippen LogP contribution in [0.5, 0.6) is 0 Å². The fraction of sp³-hybridized carbons (Fsp3) is 0.947. The quantitative estimate of drug-likeness (QED) is 0.745. The molecule has 0 aromatic carbocycles. The van der Waals surface area contributed by atoms with Crippen molar-refractivity contribution in [3.8, 4) is 0 Å². The summed E-state index contributed by atoms with van der Waals surface area (Å²) in [6.07, 6.45) is 7.64. The minimum Gasteiger partial charge on any atom is -0.355 e. The molecule has 2 heterocycles. The van der Waals surface area contributed by atoms with E-state index in [1.807, 2.05) is 0 Å². The molecule has 0 spiro atoms. The van der Waals surface area contributed by atoms with E-state index in [0.29, 0.717) is 23.3 Å². The molecule has 1 unspecified atom stereocenters. The van der Waals surface area contributed by atoms with Gasteiger partial charge in [-0.2, -0.15) is 0 Å². The third kappa shape index (κ3) is 5.43. The van der Waals surface area contributed by atoms with Gasteiger partial charge in [-0.25, -0.2) is 8.42 Å². The van der Waals surface area contributed by atoms with Gasteiger partial charge >= 0.3 is 0 Å². The lowest BCUT2D eigenvalue weighted by atomic mass is 9.80. The second-order valence-corrected chi connectivity index (χ2v) is 10.8. The summed E-state index contributed by atoms with van der Waals surface area (Å²) in [5.41, 5.74) is 0. The zero-order valence-corrected chi connectivity index (χ0v) is 16.4. The molecule has 5 nitrogen and oxygen atoms in total. The first kappa shape index (κ1) is 19.2. The van der Waals surface area contributed by atoms with Gasteiger partial charge in [0, 0.05) is 31.5 Å². The average Bonchev–Trinajstić information content (AvgIpc) is 2.91. The molecule has 1 N–H and O–H groups in total. The number of amides is 1. The maximum absolute atomic E-state index is 12.3. The number of carbonyl (C=O) groups excluding carboxylic acids is 1.